The molecule has 0 radical (unpaired) electrons. The van der Waals surface area contributed by atoms with E-state index in [1.165, 1.54) is 28.3 Å². The molecule has 88 valence electrons. The molecule has 0 saturated carbocycles. The van der Waals surface area contributed by atoms with Crippen molar-refractivity contribution in [3.8, 4) is 0 Å². The molecule has 0 fully saturated rings. The molecule has 3 nitrogen and oxygen atoms in total. The maximum atomic E-state index is 11.5. The van der Waals surface area contributed by atoms with Crippen LogP contribution in [-0.4, -0.2) is 25.1 Å². The highest BCUT2D eigenvalue weighted by Gasteiger charge is 2.04. The number of fused-ring (bicyclic) bond motifs is 1. The summed E-state index contributed by atoms with van der Waals surface area (Å²) in [5, 5.41) is 4.40. The van der Waals surface area contributed by atoms with Crippen LogP contribution >= 0.6 is 11.3 Å². The fraction of sp³-hybridized carbons (Fsp3) is 0.154. The zero-order valence-corrected chi connectivity index (χ0v) is 10.5. The first-order chi connectivity index (χ1) is 8.22. The number of benzene rings is 1. The van der Waals surface area contributed by atoms with Crippen molar-refractivity contribution in [1.82, 2.24) is 5.06 Å². The lowest BCUT2D eigenvalue weighted by Crippen LogP contribution is -2.22. The van der Waals surface area contributed by atoms with E-state index < -0.39 is 0 Å². The molecule has 4 heteroatoms. The van der Waals surface area contributed by atoms with Gasteiger partial charge in [0.2, 0.25) is 0 Å². The van der Waals surface area contributed by atoms with E-state index in [1.54, 1.807) is 18.4 Å². The second-order valence-electron chi connectivity index (χ2n) is 3.54. The average Bonchev–Trinajstić information content (AvgIpc) is 2.78. The Morgan fingerprint density at radius 2 is 2.18 bits per heavy atom. The van der Waals surface area contributed by atoms with Gasteiger partial charge in [-0.05, 0) is 28.5 Å². The Morgan fingerprint density at radius 3 is 2.94 bits per heavy atom. The van der Waals surface area contributed by atoms with E-state index in [4.69, 9.17) is 4.84 Å². The zero-order valence-electron chi connectivity index (χ0n) is 9.71. The molecule has 1 aromatic carbocycles. The minimum atomic E-state index is -0.178. The van der Waals surface area contributed by atoms with Crippen LogP contribution in [0.2, 0.25) is 0 Å². The van der Waals surface area contributed by atoms with Gasteiger partial charge in [-0.2, -0.15) is 0 Å². The smallest absolute Gasteiger partial charge is 0.269 e. The molecule has 1 heterocycles. The van der Waals surface area contributed by atoms with Gasteiger partial charge in [-0.15, -0.1) is 11.3 Å². The Hall–Kier alpha value is -1.65. The van der Waals surface area contributed by atoms with Crippen molar-refractivity contribution in [2.75, 3.05) is 14.2 Å². The summed E-state index contributed by atoms with van der Waals surface area (Å²) in [5.74, 6) is -0.178. The Bertz CT molecular complexity index is 559. The van der Waals surface area contributed by atoms with Crippen molar-refractivity contribution >= 4 is 33.4 Å². The van der Waals surface area contributed by atoms with Crippen molar-refractivity contribution in [2.45, 2.75) is 0 Å². The molecule has 0 atom stereocenters. The largest absolute Gasteiger partial charge is 0.274 e. The van der Waals surface area contributed by atoms with Gasteiger partial charge in [0.05, 0.1) is 7.11 Å². The summed E-state index contributed by atoms with van der Waals surface area (Å²) in [6.07, 6.45) is 3.33. The number of carbonyl (C=O) groups excluding carboxylic acids is 1. The van der Waals surface area contributed by atoms with E-state index in [2.05, 4.69) is 12.1 Å². The zero-order chi connectivity index (χ0) is 12.3. The summed E-state index contributed by atoms with van der Waals surface area (Å²) < 4.78 is 1.22. The van der Waals surface area contributed by atoms with E-state index in [9.17, 15) is 4.79 Å². The first-order valence-electron chi connectivity index (χ1n) is 5.18. The lowest BCUT2D eigenvalue weighted by molar-refractivity contribution is -0.162. The quantitative estimate of drug-likeness (QED) is 0.616. The summed E-state index contributed by atoms with van der Waals surface area (Å²) in [6.45, 7) is 0. The van der Waals surface area contributed by atoms with Crippen LogP contribution in [0.1, 0.15) is 5.56 Å². The second-order valence-corrected chi connectivity index (χ2v) is 4.45. The van der Waals surface area contributed by atoms with E-state index in [0.29, 0.717) is 0 Å². The average molecular weight is 247 g/mol. The van der Waals surface area contributed by atoms with Crippen LogP contribution < -0.4 is 0 Å². The number of amides is 1. The van der Waals surface area contributed by atoms with Crippen LogP contribution in [0.15, 0.2) is 35.7 Å². The van der Waals surface area contributed by atoms with Gasteiger partial charge >= 0.3 is 0 Å². The molecular weight excluding hydrogens is 234 g/mol. The third-order valence-electron chi connectivity index (χ3n) is 2.50. The fourth-order valence-corrected chi connectivity index (χ4v) is 2.41. The predicted octanol–water partition coefficient (Wildman–Crippen LogP) is 2.93. The van der Waals surface area contributed by atoms with Crippen molar-refractivity contribution in [3.63, 3.8) is 0 Å². The molecule has 0 unspecified atom stereocenters. The molecule has 0 spiro atoms. The number of carbonyl (C=O) groups is 1. The third-order valence-corrected chi connectivity index (χ3v) is 3.48. The van der Waals surface area contributed by atoms with Crippen LogP contribution in [0, 0.1) is 0 Å². The van der Waals surface area contributed by atoms with Crippen LogP contribution in [0.25, 0.3) is 16.2 Å². The lowest BCUT2D eigenvalue weighted by Gasteiger charge is -2.09. The molecule has 2 aromatic rings. The van der Waals surface area contributed by atoms with Gasteiger partial charge in [0.1, 0.15) is 0 Å². The van der Waals surface area contributed by atoms with Gasteiger partial charge in [0.15, 0.2) is 0 Å². The maximum Gasteiger partial charge on any atom is 0.269 e. The number of hydrogen-bond acceptors (Lipinski definition) is 3. The standard InChI is InChI=1S/C13H13NO2S/c1-14(16-2)13(15)8-7-10-9-17-12-6-4-3-5-11(10)12/h3-9H,1-2H3. The number of hydroxylamine groups is 2. The summed E-state index contributed by atoms with van der Waals surface area (Å²) >= 11 is 1.67. The van der Waals surface area contributed by atoms with Crippen molar-refractivity contribution in [2.24, 2.45) is 0 Å². The highest BCUT2D eigenvalue weighted by molar-refractivity contribution is 7.17. The van der Waals surface area contributed by atoms with Gasteiger partial charge in [0, 0.05) is 17.8 Å². The summed E-state index contributed by atoms with van der Waals surface area (Å²) in [4.78, 5) is 16.3. The van der Waals surface area contributed by atoms with Crippen LogP contribution in [0.5, 0.6) is 0 Å². The molecule has 17 heavy (non-hydrogen) atoms. The Balaban J connectivity index is 2.24. The van der Waals surface area contributed by atoms with Crippen LogP contribution in [0.3, 0.4) is 0 Å². The summed E-state index contributed by atoms with van der Waals surface area (Å²) in [6, 6.07) is 8.13. The summed E-state index contributed by atoms with van der Waals surface area (Å²) in [7, 11) is 3.05. The van der Waals surface area contributed by atoms with Gasteiger partial charge in [-0.3, -0.25) is 9.63 Å². The monoisotopic (exact) mass is 247 g/mol. The molecule has 0 saturated heterocycles. The fourth-order valence-electron chi connectivity index (χ4n) is 1.48. The number of rotatable bonds is 3. The molecular formula is C13H13NO2S. The minimum absolute atomic E-state index is 0.178. The number of thiophene rings is 1. The number of hydrogen-bond donors (Lipinski definition) is 0. The summed E-state index contributed by atoms with van der Waals surface area (Å²) in [5.41, 5.74) is 1.06. The van der Waals surface area contributed by atoms with E-state index >= 15 is 0 Å². The van der Waals surface area contributed by atoms with E-state index in [0.717, 1.165) is 5.56 Å². The Kier molecular flexibility index (Phi) is 3.56. The Morgan fingerprint density at radius 1 is 1.41 bits per heavy atom. The molecule has 0 aliphatic heterocycles. The van der Waals surface area contributed by atoms with Crippen molar-refractivity contribution in [3.05, 3.63) is 41.3 Å². The van der Waals surface area contributed by atoms with Crippen molar-refractivity contribution < 1.29 is 9.63 Å². The first kappa shape index (κ1) is 11.8. The molecule has 0 aliphatic rings. The van der Waals surface area contributed by atoms with Crippen molar-refractivity contribution in [1.29, 1.82) is 0 Å². The molecule has 1 amide bonds. The highest BCUT2D eigenvalue weighted by Crippen LogP contribution is 2.26. The van der Waals surface area contributed by atoms with Gasteiger partial charge in [-0.1, -0.05) is 18.2 Å². The second kappa shape index (κ2) is 5.12. The van der Waals surface area contributed by atoms with Gasteiger partial charge in [-0.25, -0.2) is 5.06 Å². The minimum Gasteiger partial charge on any atom is -0.274 e. The molecule has 0 bridgehead atoms. The maximum absolute atomic E-state index is 11.5. The van der Waals surface area contributed by atoms with Gasteiger partial charge in [0.25, 0.3) is 5.91 Å². The molecule has 0 N–H and O–H groups in total. The predicted molar refractivity (Wildman–Crippen MR) is 70.6 cm³/mol. The van der Waals surface area contributed by atoms with Crippen LogP contribution in [-0.2, 0) is 9.63 Å². The lowest BCUT2D eigenvalue weighted by atomic mass is 10.1. The number of nitrogens with zero attached hydrogens (tertiary/aromatic N) is 1. The third kappa shape index (κ3) is 2.54. The Labute approximate surface area is 104 Å². The molecule has 0 aliphatic carbocycles. The topological polar surface area (TPSA) is 29.5 Å². The first-order valence-corrected chi connectivity index (χ1v) is 6.06. The van der Waals surface area contributed by atoms with Gasteiger partial charge < -0.3 is 0 Å². The number of likely N-dealkylation sites (N-methyl/N-ethyl adjacent to an activating group) is 1. The highest BCUT2D eigenvalue weighted by atomic mass is 32.1. The molecule has 1 aromatic heterocycles. The normalized spacial score (nSPS) is 11.2. The molecule has 2 rings (SSSR count). The van der Waals surface area contributed by atoms with Crippen LogP contribution in [0.4, 0.5) is 0 Å². The SMILES string of the molecule is CON(C)C(=O)C=Cc1csc2ccccc12. The van der Waals surface area contributed by atoms with E-state index in [1.807, 2.05) is 23.6 Å². The van der Waals surface area contributed by atoms with E-state index in [-0.39, 0.29) is 5.91 Å².